The molecule has 5 rings (SSSR count). The quantitative estimate of drug-likeness (QED) is 0.455. The largest absolute Gasteiger partial charge is 0.507 e. The van der Waals surface area contributed by atoms with Gasteiger partial charge in [-0.05, 0) is 52.2 Å². The molecule has 7 heteroatoms. The van der Waals surface area contributed by atoms with Crippen LogP contribution in [0.5, 0.6) is 5.75 Å². The van der Waals surface area contributed by atoms with Crippen molar-refractivity contribution in [2.75, 3.05) is 33.8 Å². The van der Waals surface area contributed by atoms with Crippen LogP contribution in [0.3, 0.4) is 0 Å². The maximum absolute atomic E-state index is 13.5. The van der Waals surface area contributed by atoms with E-state index in [1.165, 1.54) is 12.8 Å². The fraction of sp³-hybridized carbons (Fsp3) is 0.440. The summed E-state index contributed by atoms with van der Waals surface area (Å²) < 4.78 is 7.54. The van der Waals surface area contributed by atoms with E-state index in [1.54, 1.807) is 12.4 Å². The average Bonchev–Trinajstić information content (AvgIpc) is 3.44. The van der Waals surface area contributed by atoms with Crippen LogP contribution in [0.4, 0.5) is 0 Å². The Balaban J connectivity index is 1.79. The molecule has 32 heavy (non-hydrogen) atoms. The van der Waals surface area contributed by atoms with E-state index in [2.05, 4.69) is 14.5 Å². The van der Waals surface area contributed by atoms with Crippen LogP contribution in [0, 0.1) is 0 Å². The molecule has 168 valence electrons. The first-order valence-electron chi connectivity index (χ1n) is 11.2. The van der Waals surface area contributed by atoms with Gasteiger partial charge in [0.15, 0.2) is 5.78 Å². The molecular formula is C25H30N4O3. The van der Waals surface area contributed by atoms with Gasteiger partial charge in [-0.1, -0.05) is 6.07 Å². The highest BCUT2D eigenvalue weighted by atomic mass is 16.6. The standard InChI is InChI=1S/C25H30N4O3/c1-27(2)13-18-22-19(11-17(24(18)30)16-7-6-8-26-12-16)28(3)20(14-29-9-4-5-10-29)23(22)25(31)21-15-32-21/h6-8,11-12,21,30H,4-5,9-10,13-15H2,1-3H3. The molecule has 4 heterocycles. The second-order valence-corrected chi connectivity index (χ2v) is 9.18. The lowest BCUT2D eigenvalue weighted by atomic mass is 9.94. The van der Waals surface area contributed by atoms with Crippen LogP contribution in [0.25, 0.3) is 22.0 Å². The van der Waals surface area contributed by atoms with Gasteiger partial charge in [0.05, 0.1) is 12.2 Å². The third-order valence-corrected chi connectivity index (χ3v) is 6.58. The molecule has 2 aliphatic heterocycles. The third-order valence-electron chi connectivity index (χ3n) is 6.58. The van der Waals surface area contributed by atoms with Gasteiger partial charge < -0.3 is 19.3 Å². The van der Waals surface area contributed by atoms with Crippen LogP contribution in [0.1, 0.15) is 34.5 Å². The second-order valence-electron chi connectivity index (χ2n) is 9.18. The molecule has 2 saturated heterocycles. The number of epoxide rings is 1. The van der Waals surface area contributed by atoms with Crippen LogP contribution in [0.2, 0.25) is 0 Å². The maximum atomic E-state index is 13.5. The minimum atomic E-state index is -0.370. The average molecular weight is 435 g/mol. The predicted molar refractivity (Wildman–Crippen MR) is 124 cm³/mol. The molecule has 1 N–H and O–H groups in total. The Kier molecular flexibility index (Phi) is 5.49. The summed E-state index contributed by atoms with van der Waals surface area (Å²) in [7, 11) is 5.98. The van der Waals surface area contributed by atoms with Gasteiger partial charge in [0.2, 0.25) is 0 Å². The van der Waals surface area contributed by atoms with Crippen molar-refractivity contribution in [3.8, 4) is 16.9 Å². The van der Waals surface area contributed by atoms with Gasteiger partial charge in [-0.25, -0.2) is 0 Å². The maximum Gasteiger partial charge on any atom is 0.196 e. The number of carbonyl (C=O) groups is 1. The number of phenols is 1. The lowest BCUT2D eigenvalue weighted by molar-refractivity contribution is 0.0953. The van der Waals surface area contributed by atoms with E-state index >= 15 is 0 Å². The predicted octanol–water partition coefficient (Wildman–Crippen LogP) is 3.18. The number of aromatic hydroxyl groups is 1. The fourth-order valence-electron chi connectivity index (χ4n) is 4.89. The number of pyridine rings is 1. The third kappa shape index (κ3) is 3.70. The summed E-state index contributed by atoms with van der Waals surface area (Å²) in [5.41, 5.74) is 5.03. The van der Waals surface area contributed by atoms with Crippen LogP contribution in [-0.2, 0) is 24.9 Å². The van der Waals surface area contributed by atoms with Crippen molar-refractivity contribution in [3.63, 3.8) is 0 Å². The molecule has 0 radical (unpaired) electrons. The molecule has 3 aromatic rings. The molecule has 1 atom stereocenters. The molecule has 2 aliphatic rings. The number of rotatable bonds is 7. The van der Waals surface area contributed by atoms with E-state index in [0.717, 1.165) is 52.9 Å². The number of aromatic nitrogens is 2. The summed E-state index contributed by atoms with van der Waals surface area (Å²) in [6.45, 7) is 3.82. The topological polar surface area (TPSA) is 74.1 Å². The Hall–Kier alpha value is -2.74. The molecule has 0 saturated carbocycles. The van der Waals surface area contributed by atoms with E-state index in [0.29, 0.717) is 18.7 Å². The normalized spacial score (nSPS) is 18.7. The minimum Gasteiger partial charge on any atom is -0.507 e. The van der Waals surface area contributed by atoms with E-state index < -0.39 is 0 Å². The first-order chi connectivity index (χ1) is 15.5. The number of hydrogen-bond donors (Lipinski definition) is 1. The lowest BCUT2D eigenvalue weighted by Crippen LogP contribution is -2.22. The molecule has 0 bridgehead atoms. The SMILES string of the molecule is CN(C)Cc1c(O)c(-c2cccnc2)cc2c1c(C(=O)C1CO1)c(CN1CCCC1)n2C. The monoisotopic (exact) mass is 434 g/mol. The Morgan fingerprint density at radius 2 is 2.06 bits per heavy atom. The molecule has 0 aliphatic carbocycles. The number of aryl methyl sites for hydroxylation is 1. The number of hydrogen-bond acceptors (Lipinski definition) is 6. The van der Waals surface area contributed by atoms with Gasteiger partial charge in [0.1, 0.15) is 11.9 Å². The molecule has 1 unspecified atom stereocenters. The zero-order chi connectivity index (χ0) is 22.4. The van der Waals surface area contributed by atoms with Crippen molar-refractivity contribution in [1.82, 2.24) is 19.4 Å². The Morgan fingerprint density at radius 3 is 2.69 bits per heavy atom. The van der Waals surface area contributed by atoms with Crippen LogP contribution < -0.4 is 0 Å². The highest BCUT2D eigenvalue weighted by Gasteiger charge is 2.37. The number of ether oxygens (including phenoxy) is 1. The minimum absolute atomic E-state index is 0.0262. The van der Waals surface area contributed by atoms with E-state index in [1.807, 2.05) is 44.2 Å². The number of nitrogens with zero attached hydrogens (tertiary/aromatic N) is 4. The Bertz CT molecular complexity index is 1160. The smallest absolute Gasteiger partial charge is 0.196 e. The van der Waals surface area contributed by atoms with Crippen LogP contribution in [0.15, 0.2) is 30.6 Å². The Morgan fingerprint density at radius 1 is 1.31 bits per heavy atom. The highest BCUT2D eigenvalue weighted by Crippen LogP contribution is 2.42. The van der Waals surface area contributed by atoms with Crippen molar-refractivity contribution in [2.45, 2.75) is 32.0 Å². The molecule has 7 nitrogen and oxygen atoms in total. The molecule has 0 amide bonds. The number of benzene rings is 1. The summed E-state index contributed by atoms with van der Waals surface area (Å²) in [4.78, 5) is 22.1. The molecular weight excluding hydrogens is 404 g/mol. The second kappa shape index (κ2) is 8.31. The Labute approximate surface area is 188 Å². The van der Waals surface area contributed by atoms with Gasteiger partial charge in [-0.3, -0.25) is 14.7 Å². The first kappa shape index (κ1) is 21.1. The number of Topliss-reactive ketones (excluding diaryl/α,β-unsaturated/α-hetero) is 1. The van der Waals surface area contributed by atoms with Gasteiger partial charge in [-0.2, -0.15) is 0 Å². The summed E-state index contributed by atoms with van der Waals surface area (Å²) in [5.74, 6) is 0.238. The zero-order valence-electron chi connectivity index (χ0n) is 19.0. The summed E-state index contributed by atoms with van der Waals surface area (Å²) in [6, 6.07) is 5.82. The summed E-state index contributed by atoms with van der Waals surface area (Å²) >= 11 is 0. The van der Waals surface area contributed by atoms with Crippen molar-refractivity contribution in [3.05, 3.63) is 47.4 Å². The summed E-state index contributed by atoms with van der Waals surface area (Å²) in [5, 5.41) is 12.3. The number of ketones is 1. The van der Waals surface area contributed by atoms with Gasteiger partial charge in [-0.15, -0.1) is 0 Å². The van der Waals surface area contributed by atoms with Crippen molar-refractivity contribution < 1.29 is 14.6 Å². The number of likely N-dealkylation sites (tertiary alicyclic amines) is 1. The van der Waals surface area contributed by atoms with Crippen molar-refractivity contribution >= 4 is 16.7 Å². The van der Waals surface area contributed by atoms with Crippen molar-refractivity contribution in [1.29, 1.82) is 0 Å². The fourth-order valence-corrected chi connectivity index (χ4v) is 4.89. The number of carbonyl (C=O) groups excluding carboxylic acids is 1. The molecule has 1 aromatic carbocycles. The lowest BCUT2D eigenvalue weighted by Gasteiger charge is -2.17. The van der Waals surface area contributed by atoms with E-state index in [9.17, 15) is 9.90 Å². The van der Waals surface area contributed by atoms with Crippen molar-refractivity contribution in [2.24, 2.45) is 7.05 Å². The molecule has 2 aromatic heterocycles. The zero-order valence-corrected chi connectivity index (χ0v) is 19.0. The van der Waals surface area contributed by atoms with Crippen LogP contribution in [-0.4, -0.2) is 70.1 Å². The molecule has 2 fully saturated rings. The van der Waals surface area contributed by atoms with Gasteiger partial charge in [0, 0.05) is 65.8 Å². The van der Waals surface area contributed by atoms with E-state index in [-0.39, 0.29) is 17.6 Å². The van der Waals surface area contributed by atoms with Gasteiger partial charge >= 0.3 is 0 Å². The molecule has 0 spiro atoms. The summed E-state index contributed by atoms with van der Waals surface area (Å²) in [6.07, 6.45) is 5.50. The first-order valence-corrected chi connectivity index (χ1v) is 11.2. The van der Waals surface area contributed by atoms with Crippen LogP contribution >= 0.6 is 0 Å². The number of phenolic OH excluding ortho intramolecular Hbond substituents is 1. The number of fused-ring (bicyclic) bond motifs is 1. The van der Waals surface area contributed by atoms with Gasteiger partial charge in [0.25, 0.3) is 0 Å². The van der Waals surface area contributed by atoms with E-state index in [4.69, 9.17) is 4.74 Å². The highest BCUT2D eigenvalue weighted by molar-refractivity contribution is 6.14.